The standard InChI is InChI=1S/C12H15N3OS/c1-8-5-4-6-10(9(8)2)16-12-15-14-11(17-12)7-13-3/h4-6,13H,7H2,1-3H3. The Bertz CT molecular complexity index is 510. The average molecular weight is 249 g/mol. The van der Waals surface area contributed by atoms with Gasteiger partial charge < -0.3 is 10.1 Å². The van der Waals surface area contributed by atoms with Crippen LogP contribution in [0.5, 0.6) is 10.9 Å². The number of nitrogens with zero attached hydrogens (tertiary/aromatic N) is 2. The summed E-state index contributed by atoms with van der Waals surface area (Å²) in [4.78, 5) is 0. The van der Waals surface area contributed by atoms with E-state index in [1.807, 2.05) is 26.1 Å². The Hall–Kier alpha value is -1.46. The number of hydrogen-bond donors (Lipinski definition) is 1. The third-order valence-electron chi connectivity index (χ3n) is 2.53. The summed E-state index contributed by atoms with van der Waals surface area (Å²) in [5, 5.41) is 12.6. The van der Waals surface area contributed by atoms with E-state index in [1.54, 1.807) is 0 Å². The van der Waals surface area contributed by atoms with Crippen molar-refractivity contribution in [1.29, 1.82) is 0 Å². The molecule has 0 bridgehead atoms. The van der Waals surface area contributed by atoms with Gasteiger partial charge in [0.15, 0.2) is 0 Å². The summed E-state index contributed by atoms with van der Waals surface area (Å²) >= 11 is 1.46. The molecule has 1 aromatic carbocycles. The topological polar surface area (TPSA) is 47.0 Å². The number of aromatic nitrogens is 2. The summed E-state index contributed by atoms with van der Waals surface area (Å²) in [7, 11) is 1.88. The molecule has 0 atom stereocenters. The van der Waals surface area contributed by atoms with Crippen LogP contribution >= 0.6 is 11.3 Å². The minimum Gasteiger partial charge on any atom is -0.430 e. The molecule has 0 saturated carbocycles. The summed E-state index contributed by atoms with van der Waals surface area (Å²) < 4.78 is 5.73. The molecule has 4 nitrogen and oxygen atoms in total. The first-order chi connectivity index (χ1) is 8.20. The molecule has 5 heteroatoms. The van der Waals surface area contributed by atoms with Crippen LogP contribution in [0.15, 0.2) is 18.2 Å². The highest BCUT2D eigenvalue weighted by Gasteiger charge is 2.08. The van der Waals surface area contributed by atoms with Crippen molar-refractivity contribution in [2.75, 3.05) is 7.05 Å². The predicted octanol–water partition coefficient (Wildman–Crippen LogP) is 2.67. The van der Waals surface area contributed by atoms with E-state index in [1.165, 1.54) is 16.9 Å². The maximum Gasteiger partial charge on any atom is 0.299 e. The Morgan fingerprint density at radius 1 is 1.29 bits per heavy atom. The molecule has 0 aliphatic rings. The zero-order valence-corrected chi connectivity index (χ0v) is 11.0. The van der Waals surface area contributed by atoms with E-state index in [0.29, 0.717) is 11.7 Å². The largest absolute Gasteiger partial charge is 0.430 e. The van der Waals surface area contributed by atoms with E-state index in [9.17, 15) is 0 Å². The zero-order valence-electron chi connectivity index (χ0n) is 10.2. The van der Waals surface area contributed by atoms with Crippen LogP contribution in [-0.4, -0.2) is 17.2 Å². The summed E-state index contributed by atoms with van der Waals surface area (Å²) in [6, 6.07) is 5.99. The molecule has 1 N–H and O–H groups in total. The molecule has 90 valence electrons. The van der Waals surface area contributed by atoms with Crippen molar-refractivity contribution in [3.8, 4) is 10.9 Å². The van der Waals surface area contributed by atoms with E-state index >= 15 is 0 Å². The van der Waals surface area contributed by atoms with Crippen LogP contribution in [0.2, 0.25) is 0 Å². The van der Waals surface area contributed by atoms with Crippen molar-refractivity contribution in [2.45, 2.75) is 20.4 Å². The monoisotopic (exact) mass is 249 g/mol. The van der Waals surface area contributed by atoms with Gasteiger partial charge in [0.1, 0.15) is 10.8 Å². The quantitative estimate of drug-likeness (QED) is 0.905. The lowest BCUT2D eigenvalue weighted by Crippen LogP contribution is -2.04. The minimum atomic E-state index is 0.587. The molecular weight excluding hydrogens is 234 g/mol. The van der Waals surface area contributed by atoms with Crippen molar-refractivity contribution in [1.82, 2.24) is 15.5 Å². The van der Waals surface area contributed by atoms with E-state index in [-0.39, 0.29) is 0 Å². The molecule has 17 heavy (non-hydrogen) atoms. The first kappa shape index (κ1) is 12.0. The highest BCUT2D eigenvalue weighted by molar-refractivity contribution is 7.13. The Morgan fingerprint density at radius 3 is 2.88 bits per heavy atom. The lowest BCUT2D eigenvalue weighted by Gasteiger charge is -2.06. The Labute approximate surface area is 105 Å². The number of ether oxygens (including phenoxy) is 1. The Morgan fingerprint density at radius 2 is 2.12 bits per heavy atom. The molecular formula is C12H15N3OS. The van der Waals surface area contributed by atoms with Crippen LogP contribution in [0, 0.1) is 13.8 Å². The second-order valence-electron chi connectivity index (χ2n) is 3.79. The van der Waals surface area contributed by atoms with E-state index in [4.69, 9.17) is 4.74 Å². The molecule has 0 spiro atoms. The van der Waals surface area contributed by atoms with Crippen LogP contribution in [0.25, 0.3) is 0 Å². The third kappa shape index (κ3) is 2.81. The molecule has 0 saturated heterocycles. The molecule has 0 unspecified atom stereocenters. The first-order valence-electron chi connectivity index (χ1n) is 5.41. The van der Waals surface area contributed by atoms with Gasteiger partial charge in [0.2, 0.25) is 0 Å². The average Bonchev–Trinajstić information content (AvgIpc) is 2.73. The second kappa shape index (κ2) is 5.25. The Balaban J connectivity index is 2.16. The molecule has 0 fully saturated rings. The Kier molecular flexibility index (Phi) is 3.71. The van der Waals surface area contributed by atoms with Gasteiger partial charge in [-0.3, -0.25) is 0 Å². The predicted molar refractivity (Wildman–Crippen MR) is 68.7 cm³/mol. The van der Waals surface area contributed by atoms with Crippen LogP contribution < -0.4 is 10.1 Å². The minimum absolute atomic E-state index is 0.587. The number of rotatable bonds is 4. The van der Waals surface area contributed by atoms with Crippen molar-refractivity contribution >= 4 is 11.3 Å². The van der Waals surface area contributed by atoms with Crippen molar-refractivity contribution in [2.24, 2.45) is 0 Å². The zero-order chi connectivity index (χ0) is 12.3. The molecule has 0 radical (unpaired) electrons. The van der Waals surface area contributed by atoms with Gasteiger partial charge in [-0.2, -0.15) is 0 Å². The summed E-state index contributed by atoms with van der Waals surface area (Å²) in [5.41, 5.74) is 2.35. The number of aryl methyl sites for hydroxylation is 1. The van der Waals surface area contributed by atoms with Gasteiger partial charge in [-0.1, -0.05) is 28.6 Å². The summed E-state index contributed by atoms with van der Waals surface area (Å²) in [6.45, 7) is 4.82. The maximum atomic E-state index is 5.73. The van der Waals surface area contributed by atoms with Gasteiger partial charge >= 0.3 is 0 Å². The molecule has 0 aliphatic heterocycles. The van der Waals surface area contributed by atoms with E-state index in [0.717, 1.165) is 16.3 Å². The summed E-state index contributed by atoms with van der Waals surface area (Å²) in [5.74, 6) is 0.845. The van der Waals surface area contributed by atoms with E-state index in [2.05, 4.69) is 28.5 Å². The molecule has 1 heterocycles. The lowest BCUT2D eigenvalue weighted by molar-refractivity contribution is 0.469. The molecule has 0 aliphatic carbocycles. The normalized spacial score (nSPS) is 10.5. The van der Waals surface area contributed by atoms with Gasteiger partial charge in [0.05, 0.1) is 0 Å². The molecule has 1 aromatic heterocycles. The molecule has 0 amide bonds. The summed E-state index contributed by atoms with van der Waals surface area (Å²) in [6.07, 6.45) is 0. The highest BCUT2D eigenvalue weighted by Crippen LogP contribution is 2.28. The van der Waals surface area contributed by atoms with Crippen molar-refractivity contribution in [3.05, 3.63) is 34.3 Å². The molecule has 2 aromatic rings. The van der Waals surface area contributed by atoms with Crippen LogP contribution in [0.1, 0.15) is 16.1 Å². The highest BCUT2D eigenvalue weighted by atomic mass is 32.1. The van der Waals surface area contributed by atoms with Gasteiger partial charge in [0, 0.05) is 6.54 Å². The fourth-order valence-corrected chi connectivity index (χ4v) is 2.14. The lowest BCUT2D eigenvalue weighted by atomic mass is 10.1. The third-order valence-corrected chi connectivity index (χ3v) is 3.33. The van der Waals surface area contributed by atoms with Crippen molar-refractivity contribution < 1.29 is 4.74 Å². The van der Waals surface area contributed by atoms with E-state index < -0.39 is 0 Å². The first-order valence-corrected chi connectivity index (χ1v) is 6.23. The van der Waals surface area contributed by atoms with Crippen LogP contribution in [-0.2, 0) is 6.54 Å². The molecule has 2 rings (SSSR count). The fraction of sp³-hybridized carbons (Fsp3) is 0.333. The maximum absolute atomic E-state index is 5.73. The fourth-order valence-electron chi connectivity index (χ4n) is 1.43. The number of hydrogen-bond acceptors (Lipinski definition) is 5. The van der Waals surface area contributed by atoms with Crippen LogP contribution in [0.3, 0.4) is 0 Å². The number of benzene rings is 1. The second-order valence-corrected chi connectivity index (χ2v) is 4.82. The van der Waals surface area contributed by atoms with Crippen molar-refractivity contribution in [3.63, 3.8) is 0 Å². The van der Waals surface area contributed by atoms with Crippen LogP contribution in [0.4, 0.5) is 0 Å². The van der Waals surface area contributed by atoms with Gasteiger partial charge in [-0.05, 0) is 38.1 Å². The SMILES string of the molecule is CNCc1nnc(Oc2cccc(C)c2C)s1. The smallest absolute Gasteiger partial charge is 0.299 e. The van der Waals surface area contributed by atoms with Gasteiger partial charge in [-0.15, -0.1) is 5.10 Å². The number of nitrogens with one attached hydrogen (secondary N) is 1. The van der Waals surface area contributed by atoms with Gasteiger partial charge in [0.25, 0.3) is 5.19 Å². The van der Waals surface area contributed by atoms with Gasteiger partial charge in [-0.25, -0.2) is 0 Å².